The van der Waals surface area contributed by atoms with Crippen LogP contribution in [0.15, 0.2) is 59.7 Å². The molecule has 9 heteroatoms. The van der Waals surface area contributed by atoms with Crippen molar-refractivity contribution in [1.82, 2.24) is 5.43 Å². The maximum absolute atomic E-state index is 12.2. The van der Waals surface area contributed by atoms with Gasteiger partial charge in [-0.3, -0.25) is 4.79 Å². The normalized spacial score (nSPS) is 12.1. The number of fused-ring (bicyclic) bond motifs is 1. The molecule has 0 unspecified atom stereocenters. The predicted molar refractivity (Wildman–Crippen MR) is 130 cm³/mol. The molecular formula is C25H22Cl2N2O5. The maximum Gasteiger partial charge on any atom is 0.244 e. The molecule has 0 aromatic heterocycles. The van der Waals surface area contributed by atoms with Crippen molar-refractivity contribution >= 4 is 35.3 Å². The molecule has 0 fully saturated rings. The van der Waals surface area contributed by atoms with Crippen molar-refractivity contribution in [2.75, 3.05) is 13.4 Å². The smallest absolute Gasteiger partial charge is 0.244 e. The summed E-state index contributed by atoms with van der Waals surface area (Å²) in [4.78, 5) is 12.2. The van der Waals surface area contributed by atoms with Gasteiger partial charge >= 0.3 is 0 Å². The molecule has 1 heterocycles. The van der Waals surface area contributed by atoms with Gasteiger partial charge in [0, 0.05) is 15.6 Å². The van der Waals surface area contributed by atoms with Gasteiger partial charge in [-0.05, 0) is 60.5 Å². The van der Waals surface area contributed by atoms with E-state index in [0.717, 1.165) is 16.7 Å². The van der Waals surface area contributed by atoms with E-state index in [1.807, 2.05) is 25.1 Å². The lowest BCUT2D eigenvalue weighted by molar-refractivity contribution is -0.120. The predicted octanol–water partition coefficient (Wildman–Crippen LogP) is 5.39. The summed E-state index contributed by atoms with van der Waals surface area (Å²) in [5.41, 5.74) is 4.88. The van der Waals surface area contributed by atoms with Crippen LogP contribution in [-0.2, 0) is 17.8 Å². The Bertz CT molecular complexity index is 1220. The summed E-state index contributed by atoms with van der Waals surface area (Å²) in [6.45, 7) is 2.80. The summed E-state index contributed by atoms with van der Waals surface area (Å²) < 4.78 is 22.2. The van der Waals surface area contributed by atoms with Crippen LogP contribution in [0.4, 0.5) is 0 Å². The molecule has 1 N–H and O–H groups in total. The first kappa shape index (κ1) is 23.7. The highest BCUT2D eigenvalue weighted by atomic mass is 35.5. The molecule has 1 aliphatic heterocycles. The first-order chi connectivity index (χ1) is 16.5. The van der Waals surface area contributed by atoms with Crippen LogP contribution < -0.4 is 24.4 Å². The van der Waals surface area contributed by atoms with E-state index in [0.29, 0.717) is 39.7 Å². The summed E-state index contributed by atoms with van der Waals surface area (Å²) in [5, 5.41) is 5.15. The molecule has 0 aliphatic carbocycles. The number of carbonyl (C=O) groups excluding carboxylic acids is 1. The monoisotopic (exact) mass is 500 g/mol. The molecule has 4 rings (SSSR count). The van der Waals surface area contributed by atoms with Crippen molar-refractivity contribution in [2.45, 2.75) is 20.0 Å². The van der Waals surface area contributed by atoms with Crippen LogP contribution in [0.2, 0.25) is 10.0 Å². The van der Waals surface area contributed by atoms with E-state index in [1.54, 1.807) is 42.6 Å². The van der Waals surface area contributed by atoms with Crippen molar-refractivity contribution in [3.05, 3.63) is 81.3 Å². The summed E-state index contributed by atoms with van der Waals surface area (Å²) >= 11 is 12.2. The van der Waals surface area contributed by atoms with Crippen LogP contribution in [0.1, 0.15) is 23.6 Å². The summed E-state index contributed by atoms with van der Waals surface area (Å²) in [5.74, 6) is 2.19. The molecule has 0 spiro atoms. The second-order valence-electron chi connectivity index (χ2n) is 7.32. The van der Waals surface area contributed by atoms with E-state index in [9.17, 15) is 4.79 Å². The molecule has 3 aromatic carbocycles. The molecule has 1 amide bonds. The first-order valence-electron chi connectivity index (χ1n) is 10.6. The fourth-order valence-corrected chi connectivity index (χ4v) is 3.70. The van der Waals surface area contributed by atoms with Gasteiger partial charge in [0.05, 0.1) is 19.2 Å². The second-order valence-corrected chi connectivity index (χ2v) is 8.16. The Morgan fingerprint density at radius 2 is 1.88 bits per heavy atom. The number of amides is 1. The number of ether oxygens (including phenoxy) is 4. The molecule has 3 aromatic rings. The van der Waals surface area contributed by atoms with Gasteiger partial charge in [0.2, 0.25) is 12.7 Å². The van der Waals surface area contributed by atoms with E-state index in [4.69, 9.17) is 42.1 Å². The number of hydrogen-bond acceptors (Lipinski definition) is 6. The van der Waals surface area contributed by atoms with Gasteiger partial charge in [0.25, 0.3) is 0 Å². The van der Waals surface area contributed by atoms with E-state index >= 15 is 0 Å². The van der Waals surface area contributed by atoms with Gasteiger partial charge in [-0.2, -0.15) is 5.10 Å². The number of benzene rings is 3. The largest absolute Gasteiger partial charge is 0.490 e. The summed E-state index contributed by atoms with van der Waals surface area (Å²) in [7, 11) is 0. The number of hydrogen-bond donors (Lipinski definition) is 1. The van der Waals surface area contributed by atoms with E-state index in [-0.39, 0.29) is 25.7 Å². The third-order valence-electron chi connectivity index (χ3n) is 4.87. The van der Waals surface area contributed by atoms with Gasteiger partial charge in [-0.1, -0.05) is 35.3 Å². The van der Waals surface area contributed by atoms with Gasteiger partial charge in [-0.15, -0.1) is 0 Å². The van der Waals surface area contributed by atoms with Gasteiger partial charge in [0.15, 0.2) is 23.0 Å². The number of halogens is 2. The van der Waals surface area contributed by atoms with Crippen molar-refractivity contribution in [1.29, 1.82) is 0 Å². The Kier molecular flexibility index (Phi) is 7.77. The Labute approximate surface area is 207 Å². The topological polar surface area (TPSA) is 78.4 Å². The molecule has 7 nitrogen and oxygen atoms in total. The molecule has 0 atom stereocenters. The highest BCUT2D eigenvalue weighted by Crippen LogP contribution is 2.33. The highest BCUT2D eigenvalue weighted by molar-refractivity contribution is 6.35. The standard InChI is InChI=1S/C25H22Cl2N2O5/c1-2-31-23-10-17(4-8-21(23)32-14-18-5-6-19(26)12-20(18)27)13-28-29-25(30)11-16-3-7-22-24(9-16)34-15-33-22/h3-10,12-13H,2,11,14-15H2,1H3,(H,29,30)/b28-13-. The fourth-order valence-electron chi connectivity index (χ4n) is 3.24. The average molecular weight is 501 g/mol. The second kappa shape index (κ2) is 11.1. The lowest BCUT2D eigenvalue weighted by atomic mass is 10.1. The Balaban J connectivity index is 1.35. The molecule has 0 saturated carbocycles. The van der Waals surface area contributed by atoms with Crippen LogP contribution in [-0.4, -0.2) is 25.5 Å². The maximum atomic E-state index is 12.2. The van der Waals surface area contributed by atoms with Crippen LogP contribution >= 0.6 is 23.2 Å². The lowest BCUT2D eigenvalue weighted by Crippen LogP contribution is -2.19. The van der Waals surface area contributed by atoms with Crippen molar-refractivity contribution in [3.8, 4) is 23.0 Å². The van der Waals surface area contributed by atoms with Crippen LogP contribution in [0.25, 0.3) is 0 Å². The summed E-state index contributed by atoms with van der Waals surface area (Å²) in [6.07, 6.45) is 1.71. The zero-order chi connectivity index (χ0) is 23.9. The number of hydrazone groups is 1. The van der Waals surface area contributed by atoms with Crippen molar-refractivity contribution in [3.63, 3.8) is 0 Å². The Hall–Kier alpha value is -3.42. The molecule has 0 bridgehead atoms. The first-order valence-corrected chi connectivity index (χ1v) is 11.3. The Morgan fingerprint density at radius 3 is 2.71 bits per heavy atom. The lowest BCUT2D eigenvalue weighted by Gasteiger charge is -2.13. The minimum atomic E-state index is -0.250. The van der Waals surface area contributed by atoms with Crippen LogP contribution in [0, 0.1) is 0 Å². The van der Waals surface area contributed by atoms with Crippen molar-refractivity contribution in [2.24, 2.45) is 5.10 Å². The zero-order valence-electron chi connectivity index (χ0n) is 18.3. The van der Waals surface area contributed by atoms with Gasteiger partial charge < -0.3 is 18.9 Å². The summed E-state index contributed by atoms with van der Waals surface area (Å²) in [6, 6.07) is 16.0. The zero-order valence-corrected chi connectivity index (χ0v) is 19.9. The number of nitrogens with one attached hydrogen (secondary N) is 1. The third kappa shape index (κ3) is 6.12. The highest BCUT2D eigenvalue weighted by Gasteiger charge is 2.14. The minimum absolute atomic E-state index is 0.165. The number of nitrogens with zero attached hydrogens (tertiary/aromatic N) is 1. The molecule has 34 heavy (non-hydrogen) atoms. The molecule has 176 valence electrons. The van der Waals surface area contributed by atoms with Crippen LogP contribution in [0.3, 0.4) is 0 Å². The minimum Gasteiger partial charge on any atom is -0.490 e. The van der Waals surface area contributed by atoms with Gasteiger partial charge in [-0.25, -0.2) is 5.43 Å². The van der Waals surface area contributed by atoms with E-state index < -0.39 is 0 Å². The van der Waals surface area contributed by atoms with Crippen LogP contribution in [0.5, 0.6) is 23.0 Å². The SMILES string of the molecule is CCOc1cc(/C=N\NC(=O)Cc2ccc3c(c2)OCO3)ccc1OCc1ccc(Cl)cc1Cl. The molecule has 0 saturated heterocycles. The molecular weight excluding hydrogens is 479 g/mol. The molecule has 0 radical (unpaired) electrons. The van der Waals surface area contributed by atoms with Crippen molar-refractivity contribution < 1.29 is 23.7 Å². The van der Waals surface area contributed by atoms with E-state index in [2.05, 4.69) is 10.5 Å². The Morgan fingerprint density at radius 1 is 1.03 bits per heavy atom. The van der Waals surface area contributed by atoms with Gasteiger partial charge in [0.1, 0.15) is 6.61 Å². The van der Waals surface area contributed by atoms with E-state index in [1.165, 1.54) is 0 Å². The molecule has 1 aliphatic rings. The quantitative estimate of drug-likeness (QED) is 0.314. The number of carbonyl (C=O) groups is 1. The third-order valence-corrected chi connectivity index (χ3v) is 5.46. The number of rotatable bonds is 9. The fraction of sp³-hybridized carbons (Fsp3) is 0.200. The average Bonchev–Trinajstić information content (AvgIpc) is 3.28.